The molecule has 0 unspecified atom stereocenters. The summed E-state index contributed by atoms with van der Waals surface area (Å²) in [5, 5.41) is 0.493. The van der Waals surface area contributed by atoms with Gasteiger partial charge in [-0.3, -0.25) is 14.6 Å². The number of nitrogens with zero attached hydrogens (tertiary/aromatic N) is 3. The third-order valence-corrected chi connectivity index (χ3v) is 5.12. The molecule has 2 heterocycles. The summed E-state index contributed by atoms with van der Waals surface area (Å²) >= 11 is 6.42. The molecule has 7 heteroatoms. The third-order valence-electron chi connectivity index (χ3n) is 4.81. The number of ketones is 1. The number of rotatable bonds is 7. The molecule has 5 nitrogen and oxygen atoms in total. The zero-order chi connectivity index (χ0) is 21.7. The van der Waals surface area contributed by atoms with Gasteiger partial charge in [0.15, 0.2) is 5.78 Å². The number of aryl methyl sites for hydroxylation is 1. The molecule has 0 bridgehead atoms. The average molecular weight is 426 g/mol. The first-order valence-corrected chi connectivity index (χ1v) is 9.93. The number of carbonyl (C=O) groups excluding carboxylic acids is 2. The molecule has 0 aliphatic carbocycles. The molecule has 0 aliphatic heterocycles. The van der Waals surface area contributed by atoms with E-state index in [1.807, 2.05) is 12.1 Å². The lowest BCUT2D eigenvalue weighted by atomic mass is 10.0. The van der Waals surface area contributed by atoms with Crippen molar-refractivity contribution in [3.05, 3.63) is 77.1 Å². The summed E-state index contributed by atoms with van der Waals surface area (Å²) in [5.74, 6) is -0.649. The Balaban J connectivity index is 1.69. The number of carbonyl (C=O) groups is 2. The molecule has 0 saturated heterocycles. The van der Waals surface area contributed by atoms with Crippen LogP contribution in [0.3, 0.4) is 0 Å². The Hall–Kier alpha value is -3.12. The van der Waals surface area contributed by atoms with E-state index < -0.39 is 5.95 Å². The Morgan fingerprint density at radius 1 is 1.07 bits per heavy atom. The molecule has 0 fully saturated rings. The van der Waals surface area contributed by atoms with Crippen LogP contribution < -0.4 is 4.90 Å². The van der Waals surface area contributed by atoms with Crippen LogP contribution in [0.1, 0.15) is 35.8 Å². The van der Waals surface area contributed by atoms with Crippen LogP contribution in [0.4, 0.5) is 10.1 Å². The lowest BCUT2D eigenvalue weighted by Crippen LogP contribution is -2.24. The number of amides is 1. The molecule has 0 aliphatic rings. The minimum absolute atomic E-state index is 0.000216. The van der Waals surface area contributed by atoms with Crippen LogP contribution in [0.15, 0.2) is 54.9 Å². The van der Waals surface area contributed by atoms with Crippen LogP contribution in [0.2, 0.25) is 5.02 Å². The first-order valence-electron chi connectivity index (χ1n) is 9.55. The molecule has 3 rings (SSSR count). The first kappa shape index (κ1) is 21.6. The van der Waals surface area contributed by atoms with Gasteiger partial charge in [-0.05, 0) is 36.2 Å². The number of hydrogen-bond acceptors (Lipinski definition) is 4. The molecule has 0 radical (unpaired) electrons. The van der Waals surface area contributed by atoms with Crippen LogP contribution in [0.5, 0.6) is 0 Å². The molecule has 0 N–H and O–H groups in total. The number of aromatic nitrogens is 2. The fraction of sp³-hybridized carbons (Fsp3) is 0.217. The molecule has 0 spiro atoms. The summed E-state index contributed by atoms with van der Waals surface area (Å²) in [7, 11) is 1.71. The number of anilines is 1. The molecular formula is C23H21ClFN3O2. The van der Waals surface area contributed by atoms with Crippen molar-refractivity contribution in [1.82, 2.24) is 9.97 Å². The van der Waals surface area contributed by atoms with Gasteiger partial charge in [-0.25, -0.2) is 4.98 Å². The van der Waals surface area contributed by atoms with E-state index in [9.17, 15) is 14.0 Å². The summed E-state index contributed by atoms with van der Waals surface area (Å²) in [5.41, 5.74) is 3.40. The van der Waals surface area contributed by atoms with Gasteiger partial charge >= 0.3 is 0 Å². The number of benzene rings is 1. The van der Waals surface area contributed by atoms with Gasteiger partial charge in [0, 0.05) is 49.1 Å². The Bertz CT molecular complexity index is 1050. The lowest BCUT2D eigenvalue weighted by molar-refractivity contribution is -0.118. The zero-order valence-electron chi connectivity index (χ0n) is 16.7. The van der Waals surface area contributed by atoms with Gasteiger partial charge < -0.3 is 4.90 Å². The van der Waals surface area contributed by atoms with Crippen molar-refractivity contribution in [3.63, 3.8) is 0 Å². The maximum Gasteiger partial charge on any atom is 0.226 e. The van der Waals surface area contributed by atoms with Gasteiger partial charge in [-0.1, -0.05) is 36.7 Å². The van der Waals surface area contributed by atoms with Gasteiger partial charge in [-0.15, -0.1) is 0 Å². The predicted octanol–water partition coefficient (Wildman–Crippen LogP) is 5.12. The van der Waals surface area contributed by atoms with Gasteiger partial charge in [-0.2, -0.15) is 4.39 Å². The normalized spacial score (nSPS) is 10.7. The van der Waals surface area contributed by atoms with Crippen molar-refractivity contribution in [2.75, 3.05) is 11.9 Å². The Kier molecular flexibility index (Phi) is 6.90. The van der Waals surface area contributed by atoms with Crippen LogP contribution in [0.25, 0.3) is 11.1 Å². The highest BCUT2D eigenvalue weighted by atomic mass is 35.5. The van der Waals surface area contributed by atoms with Gasteiger partial charge in [0.2, 0.25) is 11.9 Å². The molecule has 0 atom stereocenters. The van der Waals surface area contributed by atoms with Crippen molar-refractivity contribution in [3.8, 4) is 11.1 Å². The van der Waals surface area contributed by atoms with E-state index >= 15 is 0 Å². The average Bonchev–Trinajstić information content (AvgIpc) is 2.77. The molecule has 1 amide bonds. The Morgan fingerprint density at radius 2 is 1.87 bits per heavy atom. The van der Waals surface area contributed by atoms with E-state index in [1.165, 1.54) is 12.3 Å². The van der Waals surface area contributed by atoms with E-state index in [0.29, 0.717) is 29.2 Å². The SMILES string of the molecule is CCC(=O)N(C)c1ccc(-c2ccc(C(=O)CCc3ccc(F)nc3)nc2)c(Cl)c1. The van der Waals surface area contributed by atoms with E-state index in [2.05, 4.69) is 9.97 Å². The van der Waals surface area contributed by atoms with E-state index in [4.69, 9.17) is 11.6 Å². The topological polar surface area (TPSA) is 63.2 Å². The Morgan fingerprint density at radius 3 is 2.47 bits per heavy atom. The summed E-state index contributed by atoms with van der Waals surface area (Å²) in [6, 6.07) is 11.7. The number of halogens is 2. The van der Waals surface area contributed by atoms with E-state index in [-0.39, 0.29) is 18.1 Å². The highest BCUT2D eigenvalue weighted by Crippen LogP contribution is 2.31. The second-order valence-corrected chi connectivity index (χ2v) is 7.22. The molecule has 3 aromatic rings. The van der Waals surface area contributed by atoms with Crippen molar-refractivity contribution in [2.45, 2.75) is 26.2 Å². The number of pyridine rings is 2. The molecule has 154 valence electrons. The maximum absolute atomic E-state index is 12.9. The summed E-state index contributed by atoms with van der Waals surface area (Å²) in [6.45, 7) is 1.81. The molecular weight excluding hydrogens is 405 g/mol. The zero-order valence-corrected chi connectivity index (χ0v) is 17.5. The Labute approximate surface area is 179 Å². The minimum atomic E-state index is -0.544. The van der Waals surface area contributed by atoms with Crippen LogP contribution in [-0.4, -0.2) is 28.7 Å². The fourth-order valence-electron chi connectivity index (χ4n) is 2.99. The highest BCUT2D eigenvalue weighted by Gasteiger charge is 2.13. The second kappa shape index (κ2) is 9.59. The quantitative estimate of drug-likeness (QED) is 0.389. The van der Waals surface area contributed by atoms with Gasteiger partial charge in [0.1, 0.15) is 5.69 Å². The molecule has 1 aromatic carbocycles. The first-order chi connectivity index (χ1) is 14.4. The largest absolute Gasteiger partial charge is 0.315 e. The summed E-state index contributed by atoms with van der Waals surface area (Å²) < 4.78 is 12.9. The molecule has 30 heavy (non-hydrogen) atoms. The standard InChI is InChI=1S/C23H21ClFN3O2/c1-3-23(30)28(2)17-7-8-18(19(24)12-17)16-6-9-20(26-14-16)21(29)10-4-15-5-11-22(25)27-13-15/h5-9,11-14H,3-4,10H2,1-2H3. The van der Waals surface area contributed by atoms with Crippen molar-refractivity contribution < 1.29 is 14.0 Å². The summed E-state index contributed by atoms with van der Waals surface area (Å²) in [4.78, 5) is 33.7. The van der Waals surface area contributed by atoms with Gasteiger partial charge in [0.25, 0.3) is 0 Å². The molecule has 2 aromatic heterocycles. The van der Waals surface area contributed by atoms with E-state index in [1.54, 1.807) is 49.3 Å². The van der Waals surface area contributed by atoms with Crippen LogP contribution in [-0.2, 0) is 11.2 Å². The maximum atomic E-state index is 12.9. The smallest absolute Gasteiger partial charge is 0.226 e. The van der Waals surface area contributed by atoms with E-state index in [0.717, 1.165) is 16.7 Å². The fourth-order valence-corrected chi connectivity index (χ4v) is 3.27. The van der Waals surface area contributed by atoms with Crippen molar-refractivity contribution >= 4 is 29.0 Å². The highest BCUT2D eigenvalue weighted by molar-refractivity contribution is 6.33. The number of Topliss-reactive ketones (excluding diaryl/α,β-unsaturated/α-hetero) is 1. The second-order valence-electron chi connectivity index (χ2n) is 6.81. The van der Waals surface area contributed by atoms with Crippen LogP contribution in [0, 0.1) is 5.95 Å². The molecule has 0 saturated carbocycles. The van der Waals surface area contributed by atoms with Crippen LogP contribution >= 0.6 is 11.6 Å². The van der Waals surface area contributed by atoms with Gasteiger partial charge in [0.05, 0.1) is 5.02 Å². The predicted molar refractivity (Wildman–Crippen MR) is 115 cm³/mol. The lowest BCUT2D eigenvalue weighted by Gasteiger charge is -2.17. The minimum Gasteiger partial charge on any atom is -0.315 e. The monoisotopic (exact) mass is 425 g/mol. The number of hydrogen-bond donors (Lipinski definition) is 0. The summed E-state index contributed by atoms with van der Waals surface area (Å²) in [6.07, 6.45) is 4.16. The third kappa shape index (κ3) is 5.07. The van der Waals surface area contributed by atoms with Crippen molar-refractivity contribution in [2.24, 2.45) is 0 Å². The van der Waals surface area contributed by atoms with Crippen molar-refractivity contribution in [1.29, 1.82) is 0 Å².